The number of phenols is 2. The number of rotatable bonds is 20. The first kappa shape index (κ1) is 100. The van der Waals surface area contributed by atoms with Gasteiger partial charge in [0.15, 0.2) is 0 Å². The van der Waals surface area contributed by atoms with Crippen LogP contribution >= 0.6 is 0 Å². The zero-order valence-corrected chi connectivity index (χ0v) is 83.7. The number of nitrogen functional groups attached to an aromatic ring is 10. The van der Waals surface area contributed by atoms with Crippen molar-refractivity contribution < 1.29 is 10.2 Å². The standard InChI is InChI=1S/C31H34N2.2C29H30N2.C21H22N2.C19H18N2O2/c1-5-22-18-27(16-20(3)30(22)32)29(28-17-21(4)31(33)23(6-2)19-28)26-14-12-25(13-15-26)24-10-8-7-9-11-24;1-18-14-25(15-19(2)28(18)30)27(26-16-20(3)29(31)21(4)17-26)24-12-10-23(11-13-24)22-8-6-5-7-9-22;1-18-14-20(3)28(30)25(16-18)27(26-17-19(2)15-21(4)29(26)31)24-12-10-23(11-13-24)22-8-6-5-7-9-22;1-14-12-17(22)8-10-19(14)21(16-6-4-3-5-7-16)20-11-9-18(23)13-15(20)2;20-13-6-8-15(17(22)10-13)19(12-4-2-1-3-5-12)16-9-7-14(21)11-18(16)23/h7-19,29H,5-6,32-33H2,1-4H3;2*5-17,27H,30-31H2,1-4H3;3-13,21H,22-23H2,1-2H3;1-11,19,22-23H,20-21H2. The average molecular weight is 1860 g/mol. The molecule has 18 aromatic rings. The van der Waals surface area contributed by atoms with E-state index in [-0.39, 0.29) is 41.1 Å². The Bertz CT molecular complexity index is 6930. The van der Waals surface area contributed by atoms with Crippen LogP contribution in [0.15, 0.2) is 370 Å². The molecule has 0 radical (unpaired) electrons. The summed E-state index contributed by atoms with van der Waals surface area (Å²) in [5, 5.41) is 20.7. The molecule has 12 heteroatoms. The van der Waals surface area contributed by atoms with Crippen molar-refractivity contribution in [2.45, 2.75) is 139 Å². The van der Waals surface area contributed by atoms with Crippen LogP contribution in [0.25, 0.3) is 33.4 Å². The Kier molecular flexibility index (Phi) is 32.2. The van der Waals surface area contributed by atoms with Gasteiger partial charge in [0.1, 0.15) is 11.5 Å². The molecular weight excluding hydrogens is 1720 g/mol. The average Bonchev–Trinajstić information content (AvgIpc) is 0.777. The van der Waals surface area contributed by atoms with Gasteiger partial charge >= 0.3 is 0 Å². The van der Waals surface area contributed by atoms with Gasteiger partial charge in [-0.15, -0.1) is 0 Å². The third-order valence-electron chi connectivity index (χ3n) is 27.3. The summed E-state index contributed by atoms with van der Waals surface area (Å²) in [7, 11) is 0. The highest BCUT2D eigenvalue weighted by molar-refractivity contribution is 5.73. The van der Waals surface area contributed by atoms with Crippen LogP contribution in [-0.2, 0) is 12.8 Å². The van der Waals surface area contributed by atoms with Crippen molar-refractivity contribution in [3.63, 3.8) is 0 Å². The summed E-state index contributed by atoms with van der Waals surface area (Å²) in [5.74, 6) is 0.242. The summed E-state index contributed by atoms with van der Waals surface area (Å²) in [5.41, 5.74) is 110. The van der Waals surface area contributed by atoms with Gasteiger partial charge in [0, 0.05) is 110 Å². The molecule has 0 aliphatic rings. The van der Waals surface area contributed by atoms with E-state index in [1.54, 1.807) is 24.3 Å². The normalized spacial score (nSPS) is 11.1. The lowest BCUT2D eigenvalue weighted by Gasteiger charge is -2.25. The van der Waals surface area contributed by atoms with Crippen LogP contribution in [-0.4, -0.2) is 10.2 Å². The van der Waals surface area contributed by atoms with Crippen LogP contribution in [0.1, 0.15) is 205 Å². The van der Waals surface area contributed by atoms with Crippen molar-refractivity contribution >= 4 is 56.9 Å². The molecular formula is C129H134N10O2. The number of aromatic hydroxyl groups is 2. The highest BCUT2D eigenvalue weighted by Crippen LogP contribution is 2.47. The fraction of sp³-hybridized carbons (Fsp3) is 0.163. The maximum atomic E-state index is 10.3. The Labute approximate surface area is 834 Å². The molecule has 0 bridgehead atoms. The van der Waals surface area contributed by atoms with E-state index in [1.165, 1.54) is 135 Å². The monoisotopic (exact) mass is 1860 g/mol. The molecule has 18 rings (SSSR count). The molecule has 0 atom stereocenters. The van der Waals surface area contributed by atoms with Gasteiger partial charge in [-0.25, -0.2) is 0 Å². The van der Waals surface area contributed by atoms with Crippen LogP contribution in [0.4, 0.5) is 56.9 Å². The molecule has 22 N–H and O–H groups in total. The van der Waals surface area contributed by atoms with E-state index in [2.05, 4.69) is 358 Å². The minimum Gasteiger partial charge on any atom is -0.508 e. The number of nitrogens with two attached hydrogens (primary N) is 10. The van der Waals surface area contributed by atoms with Crippen LogP contribution in [0, 0.1) is 83.1 Å². The minimum atomic E-state index is -0.322. The first-order valence-electron chi connectivity index (χ1n) is 48.4. The van der Waals surface area contributed by atoms with Crippen LogP contribution in [0.3, 0.4) is 0 Å². The van der Waals surface area contributed by atoms with Crippen molar-refractivity contribution in [2.24, 2.45) is 0 Å². The Hall–Kier alpha value is -16.4. The van der Waals surface area contributed by atoms with Gasteiger partial charge in [-0.05, 0) is 305 Å². The van der Waals surface area contributed by atoms with Gasteiger partial charge in [0.2, 0.25) is 0 Å². The summed E-state index contributed by atoms with van der Waals surface area (Å²) in [6, 6.07) is 127. The number of aryl methyl sites for hydroxylation is 14. The lowest BCUT2D eigenvalue weighted by Crippen LogP contribution is -2.11. The van der Waals surface area contributed by atoms with Crippen molar-refractivity contribution in [3.8, 4) is 44.9 Å². The van der Waals surface area contributed by atoms with Gasteiger partial charge in [-0.1, -0.05) is 346 Å². The van der Waals surface area contributed by atoms with Gasteiger partial charge in [-0.2, -0.15) is 0 Å². The highest BCUT2D eigenvalue weighted by atomic mass is 16.3. The summed E-state index contributed by atoms with van der Waals surface area (Å²) in [6.07, 6.45) is 1.84. The van der Waals surface area contributed by atoms with Crippen LogP contribution in [0.2, 0.25) is 0 Å². The lowest BCUT2D eigenvalue weighted by atomic mass is 9.80. The van der Waals surface area contributed by atoms with Crippen molar-refractivity contribution in [1.82, 2.24) is 0 Å². The van der Waals surface area contributed by atoms with Crippen molar-refractivity contribution in [1.29, 1.82) is 0 Å². The number of phenolic OH excluding ortho intramolecular Hbond substituents is 2. The first-order valence-corrected chi connectivity index (χ1v) is 48.4. The molecule has 12 nitrogen and oxygen atoms in total. The quantitative estimate of drug-likeness (QED) is 0.0250. The molecule has 0 heterocycles. The maximum Gasteiger partial charge on any atom is 0.121 e. The van der Waals surface area contributed by atoms with Crippen LogP contribution < -0.4 is 57.3 Å². The Morgan fingerprint density at radius 3 is 0.688 bits per heavy atom. The molecule has 0 saturated heterocycles. The third-order valence-corrected chi connectivity index (χ3v) is 27.3. The largest absolute Gasteiger partial charge is 0.508 e. The SMILES string of the molecule is CCc1cc(C(c2ccc(-c3ccccc3)cc2)c2cc(C)c(N)c(CC)c2)cc(C)c1N.Cc1cc(C(c2ccc(-c3ccccc3)cc2)c2cc(C)c(N)c(C)c2)cc(C)c1N.Cc1cc(C)c(N)c(C(c2ccc(-c3ccccc3)cc2)c2cc(C)cc(C)c2N)c1.Cc1cc(N)ccc1C(c1ccccc1)c1ccc(N)cc1C.Nc1ccc(C(c2ccccc2)c2ccc(N)cc2O)c(O)c1. The van der Waals surface area contributed by atoms with E-state index >= 15 is 0 Å². The molecule has 712 valence electrons. The van der Waals surface area contributed by atoms with Crippen LogP contribution in [0.5, 0.6) is 11.5 Å². The van der Waals surface area contributed by atoms with E-state index < -0.39 is 0 Å². The fourth-order valence-electron chi connectivity index (χ4n) is 19.7. The summed E-state index contributed by atoms with van der Waals surface area (Å²) in [6.45, 7) is 29.5. The Morgan fingerprint density at radius 2 is 0.404 bits per heavy atom. The van der Waals surface area contributed by atoms with Gasteiger partial charge in [0.05, 0.1) is 0 Å². The zero-order valence-electron chi connectivity index (χ0n) is 83.7. The summed E-state index contributed by atoms with van der Waals surface area (Å²) < 4.78 is 0. The third kappa shape index (κ3) is 23.7. The molecule has 0 aromatic heterocycles. The zero-order chi connectivity index (χ0) is 101. The summed E-state index contributed by atoms with van der Waals surface area (Å²) >= 11 is 0. The molecule has 141 heavy (non-hydrogen) atoms. The second-order valence-electron chi connectivity index (χ2n) is 37.7. The smallest absolute Gasteiger partial charge is 0.121 e. The van der Waals surface area contributed by atoms with Crippen molar-refractivity contribution in [2.75, 3.05) is 57.3 Å². The highest BCUT2D eigenvalue weighted by Gasteiger charge is 2.29. The van der Waals surface area contributed by atoms with Gasteiger partial charge in [0.25, 0.3) is 0 Å². The van der Waals surface area contributed by atoms with E-state index in [4.69, 9.17) is 57.3 Å². The molecule has 0 amide bonds. The number of benzene rings is 18. The van der Waals surface area contributed by atoms with E-state index in [1.807, 2.05) is 72.8 Å². The molecule has 0 aliphatic carbocycles. The fourth-order valence-corrected chi connectivity index (χ4v) is 19.7. The Morgan fingerprint density at radius 1 is 0.177 bits per heavy atom. The molecule has 0 fully saturated rings. The minimum absolute atomic E-state index is 0.0259. The number of hydrogen-bond acceptors (Lipinski definition) is 12. The molecule has 0 saturated carbocycles. The number of anilines is 10. The molecule has 0 aliphatic heterocycles. The van der Waals surface area contributed by atoms with Crippen molar-refractivity contribution in [3.05, 3.63) is 531 Å². The number of hydrogen-bond donors (Lipinski definition) is 12. The predicted octanol–water partition coefficient (Wildman–Crippen LogP) is 29.4. The predicted molar refractivity (Wildman–Crippen MR) is 601 cm³/mol. The second-order valence-corrected chi connectivity index (χ2v) is 37.7. The lowest BCUT2D eigenvalue weighted by molar-refractivity contribution is 0.459. The summed E-state index contributed by atoms with van der Waals surface area (Å²) in [4.78, 5) is 0. The second kappa shape index (κ2) is 45.2. The van der Waals surface area contributed by atoms with Gasteiger partial charge in [-0.3, -0.25) is 0 Å². The molecule has 0 spiro atoms. The van der Waals surface area contributed by atoms with E-state index in [0.29, 0.717) is 22.5 Å². The maximum absolute atomic E-state index is 10.3. The van der Waals surface area contributed by atoms with E-state index in [0.717, 1.165) is 120 Å². The van der Waals surface area contributed by atoms with E-state index in [9.17, 15) is 10.2 Å². The molecule has 18 aromatic carbocycles. The topological polar surface area (TPSA) is 301 Å². The first-order chi connectivity index (χ1) is 67.7. The molecule has 0 unspecified atom stereocenters. The van der Waals surface area contributed by atoms with Gasteiger partial charge < -0.3 is 67.5 Å². The Balaban J connectivity index is 0.000000141.